The van der Waals surface area contributed by atoms with Crippen molar-refractivity contribution in [1.82, 2.24) is 14.9 Å². The fourth-order valence-electron chi connectivity index (χ4n) is 4.06. The van der Waals surface area contributed by atoms with Gasteiger partial charge in [0.15, 0.2) is 0 Å². The summed E-state index contributed by atoms with van der Waals surface area (Å²) in [6.45, 7) is 0.317. The van der Waals surface area contributed by atoms with E-state index in [9.17, 15) is 9.59 Å². The molecule has 1 unspecified atom stereocenters. The van der Waals surface area contributed by atoms with Crippen LogP contribution in [-0.2, 0) is 29.7 Å². The third-order valence-electron chi connectivity index (χ3n) is 5.59. The first-order valence-corrected chi connectivity index (χ1v) is 9.82. The summed E-state index contributed by atoms with van der Waals surface area (Å²) < 4.78 is 1.56. The molecule has 2 aromatic carbocycles. The number of carbonyl (C=O) groups excluding carboxylic acids is 1. The molecule has 3 aromatic rings. The second kappa shape index (κ2) is 7.94. The van der Waals surface area contributed by atoms with Gasteiger partial charge in [0.2, 0.25) is 5.91 Å². The summed E-state index contributed by atoms with van der Waals surface area (Å²) in [6.07, 6.45) is 3.01. The predicted octanol–water partition coefficient (Wildman–Crippen LogP) is 1.73. The molecule has 1 aliphatic rings. The van der Waals surface area contributed by atoms with Crippen molar-refractivity contribution >= 4 is 11.7 Å². The highest BCUT2D eigenvalue weighted by atomic mass is 16.2. The minimum Gasteiger partial charge on any atom is -0.384 e. The van der Waals surface area contributed by atoms with Crippen LogP contribution in [0.5, 0.6) is 0 Å². The normalized spacial score (nSPS) is 17.3. The van der Waals surface area contributed by atoms with Crippen molar-refractivity contribution in [3.8, 4) is 0 Å². The second-order valence-corrected chi connectivity index (χ2v) is 7.52. The minimum absolute atomic E-state index is 0.00170. The summed E-state index contributed by atoms with van der Waals surface area (Å²) in [5.41, 5.74) is 6.78. The number of nitrogens with two attached hydrogens (primary N) is 1. The number of hydrogen-bond donors (Lipinski definition) is 3. The predicted molar refractivity (Wildman–Crippen MR) is 114 cm³/mol. The van der Waals surface area contributed by atoms with Crippen molar-refractivity contribution in [1.29, 1.82) is 5.41 Å². The van der Waals surface area contributed by atoms with Crippen molar-refractivity contribution in [3.05, 3.63) is 99.7 Å². The van der Waals surface area contributed by atoms with Crippen LogP contribution in [0.4, 0.5) is 0 Å². The quantitative estimate of drug-likeness (QED) is 0.431. The van der Waals surface area contributed by atoms with Gasteiger partial charge >= 0.3 is 0 Å². The van der Waals surface area contributed by atoms with E-state index in [2.05, 4.69) is 10.3 Å². The maximum atomic E-state index is 13.5. The highest BCUT2D eigenvalue weighted by Crippen LogP contribution is 2.33. The zero-order valence-corrected chi connectivity index (χ0v) is 16.5. The number of aryl methyl sites for hydroxylation is 1. The number of nitrogens with one attached hydrogen (secondary N) is 2. The zero-order chi connectivity index (χ0) is 21.1. The van der Waals surface area contributed by atoms with Crippen LogP contribution in [0.3, 0.4) is 0 Å². The Hall–Kier alpha value is -3.74. The van der Waals surface area contributed by atoms with Crippen LogP contribution in [0.1, 0.15) is 28.9 Å². The van der Waals surface area contributed by atoms with Crippen molar-refractivity contribution in [2.24, 2.45) is 5.73 Å². The summed E-state index contributed by atoms with van der Waals surface area (Å²) >= 11 is 0. The monoisotopic (exact) mass is 401 g/mol. The summed E-state index contributed by atoms with van der Waals surface area (Å²) in [5.74, 6) is 0.442. The maximum absolute atomic E-state index is 13.5. The number of nitrogen functional groups attached to an aromatic ring is 1. The van der Waals surface area contributed by atoms with Gasteiger partial charge in [-0.25, -0.2) is 4.98 Å². The topological polar surface area (TPSA) is 114 Å². The summed E-state index contributed by atoms with van der Waals surface area (Å²) in [4.78, 5) is 30.5. The molecular formula is C23H23N5O2. The highest BCUT2D eigenvalue weighted by molar-refractivity contribution is 5.94. The van der Waals surface area contributed by atoms with E-state index in [0.29, 0.717) is 37.2 Å². The Morgan fingerprint density at radius 2 is 1.83 bits per heavy atom. The third-order valence-corrected chi connectivity index (χ3v) is 5.59. The molecule has 1 amide bonds. The van der Waals surface area contributed by atoms with E-state index in [1.165, 1.54) is 12.3 Å². The fraction of sp³-hybridized carbons (Fsp3) is 0.217. The molecule has 152 valence electrons. The van der Waals surface area contributed by atoms with Gasteiger partial charge in [-0.05, 0) is 17.5 Å². The van der Waals surface area contributed by atoms with E-state index in [-0.39, 0.29) is 17.3 Å². The molecule has 7 heteroatoms. The number of carbonyl (C=O) groups is 1. The van der Waals surface area contributed by atoms with Crippen LogP contribution < -0.4 is 16.6 Å². The smallest absolute Gasteiger partial charge is 0.254 e. The molecule has 30 heavy (non-hydrogen) atoms. The average Bonchev–Trinajstić information content (AvgIpc) is 3.14. The van der Waals surface area contributed by atoms with E-state index in [1.54, 1.807) is 16.7 Å². The third kappa shape index (κ3) is 3.61. The summed E-state index contributed by atoms with van der Waals surface area (Å²) in [5, 5.41) is 10.5. The average molecular weight is 401 g/mol. The maximum Gasteiger partial charge on any atom is 0.254 e. The van der Waals surface area contributed by atoms with E-state index >= 15 is 0 Å². The Labute approximate surface area is 174 Å². The number of nitrogens with zero attached hydrogens (tertiary/aromatic N) is 2. The summed E-state index contributed by atoms with van der Waals surface area (Å²) in [7, 11) is 0. The molecule has 0 aliphatic carbocycles. The molecule has 0 fully saturated rings. The van der Waals surface area contributed by atoms with Crippen LogP contribution in [0.15, 0.2) is 71.7 Å². The number of amidine groups is 1. The SMILES string of the molecule is N=C(N)c1ccc(CNC(=O)C2(Cc3ccccc3)CCc3nccc(=O)n32)cc1. The van der Waals surface area contributed by atoms with Gasteiger partial charge in [-0.15, -0.1) is 0 Å². The van der Waals surface area contributed by atoms with E-state index in [1.807, 2.05) is 42.5 Å². The van der Waals surface area contributed by atoms with E-state index in [0.717, 1.165) is 11.1 Å². The van der Waals surface area contributed by atoms with Crippen LogP contribution in [0.2, 0.25) is 0 Å². The molecule has 1 aromatic heterocycles. The Morgan fingerprint density at radius 1 is 1.10 bits per heavy atom. The Kier molecular flexibility index (Phi) is 5.18. The standard InChI is InChI=1S/C23H23N5O2/c24-21(25)18-8-6-17(7-9-18)15-27-22(30)23(14-16-4-2-1-3-5-16)12-10-19-26-13-11-20(29)28(19)23/h1-9,11,13H,10,12,14-15H2,(H3,24,25)(H,27,30). The zero-order valence-electron chi connectivity index (χ0n) is 16.5. The number of hydrogen-bond acceptors (Lipinski definition) is 4. The van der Waals surface area contributed by atoms with E-state index < -0.39 is 5.54 Å². The van der Waals surface area contributed by atoms with Crippen LogP contribution in [-0.4, -0.2) is 21.3 Å². The molecule has 0 bridgehead atoms. The lowest BCUT2D eigenvalue weighted by Gasteiger charge is -2.30. The van der Waals surface area contributed by atoms with Gasteiger partial charge in [0, 0.05) is 37.2 Å². The molecule has 1 atom stereocenters. The van der Waals surface area contributed by atoms with Crippen LogP contribution >= 0.6 is 0 Å². The molecule has 2 heterocycles. The highest BCUT2D eigenvalue weighted by Gasteiger charge is 2.46. The van der Waals surface area contributed by atoms with Gasteiger partial charge in [-0.3, -0.25) is 19.6 Å². The molecule has 4 rings (SSSR count). The summed E-state index contributed by atoms with van der Waals surface area (Å²) in [6, 6.07) is 18.3. The lowest BCUT2D eigenvalue weighted by atomic mass is 9.87. The van der Waals surface area contributed by atoms with Gasteiger partial charge < -0.3 is 11.1 Å². The van der Waals surface area contributed by atoms with Crippen LogP contribution in [0.25, 0.3) is 0 Å². The van der Waals surface area contributed by atoms with E-state index in [4.69, 9.17) is 11.1 Å². The second-order valence-electron chi connectivity index (χ2n) is 7.52. The first-order chi connectivity index (χ1) is 14.5. The van der Waals surface area contributed by atoms with Crippen molar-refractivity contribution in [2.75, 3.05) is 0 Å². The van der Waals surface area contributed by atoms with Crippen molar-refractivity contribution in [3.63, 3.8) is 0 Å². The fourth-order valence-corrected chi connectivity index (χ4v) is 4.06. The Balaban J connectivity index is 1.63. The molecule has 0 saturated heterocycles. The van der Waals surface area contributed by atoms with Gasteiger partial charge in [0.05, 0.1) is 0 Å². The number of aromatic nitrogens is 2. The minimum atomic E-state index is -1.01. The molecule has 0 radical (unpaired) electrons. The van der Waals surface area contributed by atoms with Crippen molar-refractivity contribution in [2.45, 2.75) is 31.3 Å². The number of fused-ring (bicyclic) bond motifs is 1. The number of rotatable bonds is 6. The van der Waals surface area contributed by atoms with Gasteiger partial charge in [0.1, 0.15) is 17.2 Å². The van der Waals surface area contributed by atoms with Gasteiger partial charge in [0.25, 0.3) is 5.56 Å². The lowest BCUT2D eigenvalue weighted by Crippen LogP contribution is -2.52. The van der Waals surface area contributed by atoms with Crippen LogP contribution in [0, 0.1) is 5.41 Å². The molecule has 0 saturated carbocycles. The first kappa shape index (κ1) is 19.6. The Morgan fingerprint density at radius 3 is 2.53 bits per heavy atom. The molecule has 4 N–H and O–H groups in total. The van der Waals surface area contributed by atoms with Gasteiger partial charge in [-0.2, -0.15) is 0 Å². The van der Waals surface area contributed by atoms with Crippen molar-refractivity contribution < 1.29 is 4.79 Å². The number of amides is 1. The molecule has 7 nitrogen and oxygen atoms in total. The lowest BCUT2D eigenvalue weighted by molar-refractivity contribution is -0.130. The molecular weight excluding hydrogens is 378 g/mol. The largest absolute Gasteiger partial charge is 0.384 e. The first-order valence-electron chi connectivity index (χ1n) is 9.82. The molecule has 0 spiro atoms. The van der Waals surface area contributed by atoms with Gasteiger partial charge in [-0.1, -0.05) is 54.6 Å². The Bertz CT molecular complexity index is 1140. The number of benzene rings is 2. The molecule has 1 aliphatic heterocycles.